The van der Waals surface area contributed by atoms with E-state index in [1.807, 2.05) is 43.0 Å². The number of hydrogen-bond donors (Lipinski definition) is 1. The molecule has 1 aliphatic rings. The normalized spacial score (nSPS) is 19.1. The molecule has 27 heavy (non-hydrogen) atoms. The van der Waals surface area contributed by atoms with Crippen molar-refractivity contribution < 1.29 is 9.59 Å². The van der Waals surface area contributed by atoms with Gasteiger partial charge in [0.15, 0.2) is 0 Å². The molecule has 0 bridgehead atoms. The van der Waals surface area contributed by atoms with Crippen molar-refractivity contribution in [3.8, 4) is 11.1 Å². The van der Waals surface area contributed by atoms with Crippen LogP contribution < -0.4 is 5.32 Å². The van der Waals surface area contributed by atoms with Crippen molar-refractivity contribution in [3.05, 3.63) is 60.2 Å². The molecule has 1 atom stereocenters. The lowest BCUT2D eigenvalue weighted by Gasteiger charge is -2.28. The van der Waals surface area contributed by atoms with Gasteiger partial charge in [0.25, 0.3) is 0 Å². The molecule has 1 N–H and O–H groups in total. The van der Waals surface area contributed by atoms with E-state index in [4.69, 9.17) is 0 Å². The summed E-state index contributed by atoms with van der Waals surface area (Å²) in [6, 6.07) is 18.7. The van der Waals surface area contributed by atoms with E-state index in [0.717, 1.165) is 11.1 Å². The molecule has 1 heterocycles. The minimum atomic E-state index is -0.545. The minimum Gasteiger partial charge on any atom is -0.356 e. The summed E-state index contributed by atoms with van der Waals surface area (Å²) in [6.07, 6.45) is 1.84. The van der Waals surface area contributed by atoms with Crippen LogP contribution in [0.2, 0.25) is 0 Å². The van der Waals surface area contributed by atoms with Crippen LogP contribution in [-0.2, 0) is 16.0 Å². The summed E-state index contributed by atoms with van der Waals surface area (Å²) in [6.45, 7) is 5.57. The number of nitrogens with zero attached hydrogens (tertiary/aromatic N) is 1. The fraction of sp³-hybridized carbons (Fsp3) is 0.391. The molecule has 142 valence electrons. The van der Waals surface area contributed by atoms with Crippen LogP contribution in [0.25, 0.3) is 11.1 Å². The Hall–Kier alpha value is -2.62. The molecule has 2 aromatic rings. The maximum Gasteiger partial charge on any atom is 0.228 e. The third-order valence-corrected chi connectivity index (χ3v) is 5.40. The van der Waals surface area contributed by atoms with Crippen LogP contribution in [0.3, 0.4) is 0 Å². The highest BCUT2D eigenvalue weighted by atomic mass is 16.2. The number of benzene rings is 2. The van der Waals surface area contributed by atoms with Crippen molar-refractivity contribution in [2.24, 2.45) is 5.41 Å². The van der Waals surface area contributed by atoms with E-state index in [-0.39, 0.29) is 11.8 Å². The van der Waals surface area contributed by atoms with Crippen LogP contribution in [0.4, 0.5) is 0 Å². The standard InChI is InChI=1S/C23H28N2O2/c1-3-21(26)25-14-13-23(17-25,22(27)24-4-2)16-18-9-8-12-20(15-18)19-10-6-5-7-11-19/h5-12,15H,3-4,13-14,16-17H2,1-2H3,(H,24,27)/t23-/m1/s1. The summed E-state index contributed by atoms with van der Waals surface area (Å²) in [5.41, 5.74) is 2.91. The van der Waals surface area contributed by atoms with Gasteiger partial charge in [-0.15, -0.1) is 0 Å². The molecule has 4 nitrogen and oxygen atoms in total. The zero-order chi connectivity index (χ0) is 19.3. The van der Waals surface area contributed by atoms with Gasteiger partial charge < -0.3 is 10.2 Å². The molecule has 0 aromatic heterocycles. The van der Waals surface area contributed by atoms with Gasteiger partial charge in [-0.2, -0.15) is 0 Å². The molecule has 2 amide bonds. The van der Waals surface area contributed by atoms with E-state index in [1.165, 1.54) is 5.56 Å². The SMILES string of the molecule is CCNC(=O)[C@@]1(Cc2cccc(-c3ccccc3)c2)CCN(C(=O)CC)C1. The largest absolute Gasteiger partial charge is 0.356 e. The molecule has 0 radical (unpaired) electrons. The van der Waals surface area contributed by atoms with Gasteiger partial charge in [0, 0.05) is 26.1 Å². The Bertz CT molecular complexity index is 803. The van der Waals surface area contributed by atoms with Crippen LogP contribution in [0.15, 0.2) is 54.6 Å². The molecule has 3 rings (SSSR count). The highest BCUT2D eigenvalue weighted by Crippen LogP contribution is 2.36. The van der Waals surface area contributed by atoms with Crippen LogP contribution in [0, 0.1) is 5.41 Å². The molecule has 1 fully saturated rings. The fourth-order valence-electron chi connectivity index (χ4n) is 3.95. The lowest BCUT2D eigenvalue weighted by atomic mass is 9.79. The summed E-state index contributed by atoms with van der Waals surface area (Å²) in [4.78, 5) is 26.9. The molecule has 0 spiro atoms. The average Bonchev–Trinajstić information content (AvgIpc) is 3.14. The quantitative estimate of drug-likeness (QED) is 0.850. The number of carbonyl (C=O) groups excluding carboxylic acids is 2. The Kier molecular flexibility index (Phi) is 5.94. The van der Waals surface area contributed by atoms with Crippen molar-refractivity contribution in [3.63, 3.8) is 0 Å². The van der Waals surface area contributed by atoms with Crippen LogP contribution >= 0.6 is 0 Å². The first-order valence-corrected chi connectivity index (χ1v) is 9.78. The molecule has 0 aliphatic carbocycles. The number of amides is 2. The second-order valence-corrected chi connectivity index (χ2v) is 7.30. The van der Waals surface area contributed by atoms with E-state index in [9.17, 15) is 9.59 Å². The van der Waals surface area contributed by atoms with Gasteiger partial charge in [-0.05, 0) is 36.5 Å². The summed E-state index contributed by atoms with van der Waals surface area (Å²) in [5.74, 6) is 0.181. The number of rotatable bonds is 6. The van der Waals surface area contributed by atoms with Crippen molar-refractivity contribution in [2.45, 2.75) is 33.1 Å². The van der Waals surface area contributed by atoms with Gasteiger partial charge in [-0.3, -0.25) is 9.59 Å². The van der Waals surface area contributed by atoms with Gasteiger partial charge in [-0.25, -0.2) is 0 Å². The first-order valence-electron chi connectivity index (χ1n) is 9.78. The molecular weight excluding hydrogens is 336 g/mol. The third-order valence-electron chi connectivity index (χ3n) is 5.40. The number of hydrogen-bond acceptors (Lipinski definition) is 2. The first kappa shape index (κ1) is 19.2. The van der Waals surface area contributed by atoms with Crippen LogP contribution in [0.5, 0.6) is 0 Å². The maximum absolute atomic E-state index is 12.9. The van der Waals surface area contributed by atoms with E-state index >= 15 is 0 Å². The number of carbonyl (C=O) groups is 2. The Morgan fingerprint density at radius 3 is 2.48 bits per heavy atom. The van der Waals surface area contributed by atoms with E-state index in [2.05, 4.69) is 35.6 Å². The number of likely N-dealkylation sites (tertiary alicyclic amines) is 1. The Morgan fingerprint density at radius 2 is 1.78 bits per heavy atom. The average molecular weight is 364 g/mol. The zero-order valence-corrected chi connectivity index (χ0v) is 16.2. The van der Waals surface area contributed by atoms with Gasteiger partial charge >= 0.3 is 0 Å². The second-order valence-electron chi connectivity index (χ2n) is 7.30. The second kappa shape index (κ2) is 8.38. The molecule has 0 saturated carbocycles. The van der Waals surface area contributed by atoms with Crippen molar-refractivity contribution in [1.82, 2.24) is 10.2 Å². The van der Waals surface area contributed by atoms with Crippen molar-refractivity contribution in [2.75, 3.05) is 19.6 Å². The van der Waals surface area contributed by atoms with Crippen LogP contribution in [-0.4, -0.2) is 36.3 Å². The number of nitrogens with one attached hydrogen (secondary N) is 1. The smallest absolute Gasteiger partial charge is 0.228 e. The fourth-order valence-corrected chi connectivity index (χ4v) is 3.95. The molecule has 1 aliphatic heterocycles. The van der Waals surface area contributed by atoms with Gasteiger partial charge in [0.05, 0.1) is 5.41 Å². The highest BCUT2D eigenvalue weighted by molar-refractivity contribution is 5.85. The monoisotopic (exact) mass is 364 g/mol. The van der Waals surface area contributed by atoms with Crippen molar-refractivity contribution in [1.29, 1.82) is 0 Å². The van der Waals surface area contributed by atoms with Crippen LogP contribution in [0.1, 0.15) is 32.3 Å². The predicted octanol–water partition coefficient (Wildman–Crippen LogP) is 3.66. The highest BCUT2D eigenvalue weighted by Gasteiger charge is 2.45. The molecule has 0 unspecified atom stereocenters. The Morgan fingerprint density at radius 1 is 1.04 bits per heavy atom. The first-order chi connectivity index (χ1) is 13.1. The van der Waals surface area contributed by atoms with Gasteiger partial charge in [-0.1, -0.05) is 61.5 Å². The Labute approximate surface area is 161 Å². The van der Waals surface area contributed by atoms with E-state index < -0.39 is 5.41 Å². The lowest BCUT2D eigenvalue weighted by molar-refractivity contribution is -0.133. The molecular formula is C23H28N2O2. The maximum atomic E-state index is 12.9. The third kappa shape index (κ3) is 4.21. The minimum absolute atomic E-state index is 0.0570. The van der Waals surface area contributed by atoms with Crippen molar-refractivity contribution >= 4 is 11.8 Å². The summed E-state index contributed by atoms with van der Waals surface area (Å²) >= 11 is 0. The molecule has 1 saturated heterocycles. The molecule has 4 heteroatoms. The Balaban J connectivity index is 1.87. The zero-order valence-electron chi connectivity index (χ0n) is 16.2. The summed E-state index contributed by atoms with van der Waals surface area (Å²) in [5, 5.41) is 3.00. The van der Waals surface area contributed by atoms with E-state index in [1.54, 1.807) is 0 Å². The topological polar surface area (TPSA) is 49.4 Å². The van der Waals surface area contributed by atoms with E-state index in [0.29, 0.717) is 38.9 Å². The lowest BCUT2D eigenvalue weighted by Crippen LogP contribution is -2.45. The van der Waals surface area contributed by atoms with Gasteiger partial charge in [0.1, 0.15) is 0 Å². The summed E-state index contributed by atoms with van der Waals surface area (Å²) in [7, 11) is 0. The summed E-state index contributed by atoms with van der Waals surface area (Å²) < 4.78 is 0. The van der Waals surface area contributed by atoms with Gasteiger partial charge in [0.2, 0.25) is 11.8 Å². The predicted molar refractivity (Wildman–Crippen MR) is 108 cm³/mol. The molecule has 2 aromatic carbocycles.